The maximum Gasteiger partial charge on any atom is 0.273 e. The molecule has 2 aromatic carbocycles. The van der Waals surface area contributed by atoms with E-state index in [-0.39, 0.29) is 23.9 Å². The van der Waals surface area contributed by atoms with Gasteiger partial charge < -0.3 is 35.7 Å². The topological polar surface area (TPSA) is 143 Å². The Balaban J connectivity index is 1.51. The molecule has 2 aromatic heterocycles. The maximum atomic E-state index is 13.1. The number of para-hydroxylation sites is 1. The van der Waals surface area contributed by atoms with Gasteiger partial charge in [-0.3, -0.25) is 4.79 Å². The molecular weight excluding hydrogens is 472 g/mol. The van der Waals surface area contributed by atoms with Gasteiger partial charge in [-0.25, -0.2) is 15.0 Å². The van der Waals surface area contributed by atoms with Gasteiger partial charge in [0.25, 0.3) is 5.91 Å². The first kappa shape index (κ1) is 24.5. The van der Waals surface area contributed by atoms with Crippen LogP contribution in [-0.4, -0.2) is 69.5 Å². The summed E-state index contributed by atoms with van der Waals surface area (Å²) in [6.07, 6.45) is 1.00. The Bertz CT molecular complexity index is 1410. The summed E-state index contributed by atoms with van der Waals surface area (Å²) in [5.41, 5.74) is 10.9. The van der Waals surface area contributed by atoms with Crippen LogP contribution in [0.15, 0.2) is 48.8 Å². The number of aliphatic hydroxyl groups is 1. The van der Waals surface area contributed by atoms with E-state index in [4.69, 9.17) is 10.5 Å². The van der Waals surface area contributed by atoms with Crippen LogP contribution in [-0.2, 0) is 11.8 Å². The molecule has 1 aliphatic rings. The summed E-state index contributed by atoms with van der Waals surface area (Å²) in [6.45, 7) is 4.76. The van der Waals surface area contributed by atoms with Gasteiger partial charge in [0.1, 0.15) is 5.69 Å². The molecule has 5 N–H and O–H groups in total. The number of fused-ring (bicyclic) bond motifs is 1. The van der Waals surface area contributed by atoms with E-state index in [1.54, 1.807) is 13.3 Å². The van der Waals surface area contributed by atoms with E-state index in [1.807, 2.05) is 54.1 Å². The predicted octanol–water partition coefficient (Wildman–Crippen LogP) is 2.30. The minimum atomic E-state index is -0.712. The van der Waals surface area contributed by atoms with Gasteiger partial charge in [0.05, 0.1) is 36.7 Å². The van der Waals surface area contributed by atoms with Crippen molar-refractivity contribution in [1.29, 1.82) is 0 Å². The number of carbonyl (C=O) groups excluding carboxylic acids is 1. The normalized spacial score (nSPS) is 14.5. The number of nitrogen functional groups attached to an aromatic ring is 1. The second-order valence-electron chi connectivity index (χ2n) is 9.01. The molecule has 37 heavy (non-hydrogen) atoms. The van der Waals surface area contributed by atoms with Crippen LogP contribution in [0.5, 0.6) is 0 Å². The number of carbonyl (C=O) groups is 1. The quantitative estimate of drug-likeness (QED) is 0.299. The number of hydrogen-bond acceptors (Lipinski definition) is 9. The Morgan fingerprint density at radius 2 is 1.92 bits per heavy atom. The summed E-state index contributed by atoms with van der Waals surface area (Å²) < 4.78 is 7.33. The summed E-state index contributed by atoms with van der Waals surface area (Å²) in [6, 6.07) is 13.5. The van der Waals surface area contributed by atoms with Crippen LogP contribution in [0.3, 0.4) is 0 Å². The highest BCUT2D eigenvalue weighted by Crippen LogP contribution is 2.32. The highest BCUT2D eigenvalue weighted by atomic mass is 16.5. The Hall–Kier alpha value is -4.22. The zero-order chi connectivity index (χ0) is 25.9. The molecule has 0 saturated carbocycles. The first-order chi connectivity index (χ1) is 17.9. The molecule has 0 spiro atoms. The fourth-order valence-corrected chi connectivity index (χ4v) is 4.28. The van der Waals surface area contributed by atoms with E-state index in [0.717, 1.165) is 30.0 Å². The van der Waals surface area contributed by atoms with Crippen LogP contribution in [0.25, 0.3) is 22.3 Å². The molecule has 192 valence electrons. The van der Waals surface area contributed by atoms with Gasteiger partial charge in [-0.1, -0.05) is 12.1 Å². The minimum absolute atomic E-state index is 0.0649. The molecule has 3 heterocycles. The first-order valence-electron chi connectivity index (χ1n) is 12.1. The van der Waals surface area contributed by atoms with Crippen molar-refractivity contribution in [3.8, 4) is 11.3 Å². The van der Waals surface area contributed by atoms with Gasteiger partial charge >= 0.3 is 0 Å². The molecule has 4 aromatic rings. The Labute approximate surface area is 214 Å². The van der Waals surface area contributed by atoms with Gasteiger partial charge in [0, 0.05) is 43.6 Å². The van der Waals surface area contributed by atoms with E-state index in [0.29, 0.717) is 30.0 Å². The number of ether oxygens (including phenoxy) is 1. The van der Waals surface area contributed by atoms with Gasteiger partial charge in [0.2, 0.25) is 0 Å². The van der Waals surface area contributed by atoms with Gasteiger partial charge in [-0.15, -0.1) is 0 Å². The number of rotatable bonds is 7. The molecule has 0 bridgehead atoms. The maximum absolute atomic E-state index is 13.1. The van der Waals surface area contributed by atoms with Crippen LogP contribution in [0, 0.1) is 0 Å². The van der Waals surface area contributed by atoms with Crippen molar-refractivity contribution >= 4 is 40.0 Å². The lowest BCUT2D eigenvalue weighted by Gasteiger charge is -2.29. The van der Waals surface area contributed by atoms with Crippen molar-refractivity contribution in [3.05, 3.63) is 54.5 Å². The molecule has 5 rings (SSSR count). The molecule has 1 aliphatic heterocycles. The highest BCUT2D eigenvalue weighted by Gasteiger charge is 2.22. The van der Waals surface area contributed by atoms with Crippen molar-refractivity contribution in [3.63, 3.8) is 0 Å². The molecule has 11 heteroatoms. The van der Waals surface area contributed by atoms with Crippen LogP contribution < -0.4 is 21.3 Å². The third kappa shape index (κ3) is 5.18. The molecule has 0 radical (unpaired) electrons. The lowest BCUT2D eigenvalue weighted by molar-refractivity contribution is 0.0920. The number of anilines is 4. The molecule has 11 nitrogen and oxygen atoms in total. The van der Waals surface area contributed by atoms with Crippen molar-refractivity contribution in [1.82, 2.24) is 24.8 Å². The van der Waals surface area contributed by atoms with Crippen LogP contribution in [0.4, 0.5) is 23.0 Å². The summed E-state index contributed by atoms with van der Waals surface area (Å²) >= 11 is 0. The van der Waals surface area contributed by atoms with E-state index in [1.165, 1.54) is 0 Å². The Kier molecular flexibility index (Phi) is 6.89. The Morgan fingerprint density at radius 1 is 1.16 bits per heavy atom. The SMILES string of the molecule is CC(O)CNC(=O)c1nc(-c2cccc3c2ncn3C)c(N)nc1Nc1ccc(N2CCOCC2)cc1. The number of aryl methyl sites for hydroxylation is 1. The molecule has 1 amide bonds. The van der Waals surface area contributed by atoms with E-state index in [2.05, 4.69) is 30.5 Å². The average molecular weight is 503 g/mol. The number of benzene rings is 2. The Morgan fingerprint density at radius 3 is 2.65 bits per heavy atom. The van der Waals surface area contributed by atoms with Crippen molar-refractivity contribution in [2.75, 3.05) is 48.8 Å². The number of morpholine rings is 1. The number of nitrogens with two attached hydrogens (primary N) is 1. The molecule has 1 saturated heterocycles. The lowest BCUT2D eigenvalue weighted by Crippen LogP contribution is -2.36. The number of hydrogen-bond donors (Lipinski definition) is 4. The van der Waals surface area contributed by atoms with Gasteiger partial charge in [-0.05, 0) is 37.3 Å². The van der Waals surface area contributed by atoms with Gasteiger partial charge in [-0.2, -0.15) is 0 Å². The van der Waals surface area contributed by atoms with Gasteiger partial charge in [0.15, 0.2) is 17.3 Å². The zero-order valence-electron chi connectivity index (χ0n) is 20.8. The highest BCUT2D eigenvalue weighted by molar-refractivity contribution is 6.00. The molecular formula is C26H30N8O3. The fourth-order valence-electron chi connectivity index (χ4n) is 4.28. The fraction of sp³-hybridized carbons (Fsp3) is 0.308. The number of amides is 1. The molecule has 1 atom stereocenters. The zero-order valence-corrected chi connectivity index (χ0v) is 20.8. The summed E-state index contributed by atoms with van der Waals surface area (Å²) in [5.74, 6) is -0.0930. The second-order valence-corrected chi connectivity index (χ2v) is 9.01. The lowest BCUT2D eigenvalue weighted by atomic mass is 10.1. The van der Waals surface area contributed by atoms with Crippen molar-refractivity contribution in [2.45, 2.75) is 13.0 Å². The van der Waals surface area contributed by atoms with Crippen LogP contribution >= 0.6 is 0 Å². The third-order valence-electron chi connectivity index (χ3n) is 6.21. The number of aliphatic hydroxyl groups excluding tert-OH is 1. The van der Waals surface area contributed by atoms with Crippen molar-refractivity contribution in [2.24, 2.45) is 7.05 Å². The summed E-state index contributed by atoms with van der Waals surface area (Å²) in [4.78, 5) is 29.1. The first-order valence-corrected chi connectivity index (χ1v) is 12.1. The number of aromatic nitrogens is 4. The summed E-state index contributed by atoms with van der Waals surface area (Å²) in [5, 5.41) is 15.6. The monoisotopic (exact) mass is 502 g/mol. The van der Waals surface area contributed by atoms with Crippen LogP contribution in [0.1, 0.15) is 17.4 Å². The average Bonchev–Trinajstić information content (AvgIpc) is 3.29. The molecule has 1 fully saturated rings. The van der Waals surface area contributed by atoms with E-state index < -0.39 is 12.0 Å². The van der Waals surface area contributed by atoms with Crippen LogP contribution in [0.2, 0.25) is 0 Å². The third-order valence-corrected chi connectivity index (χ3v) is 6.21. The largest absolute Gasteiger partial charge is 0.392 e. The number of imidazole rings is 1. The van der Waals surface area contributed by atoms with E-state index >= 15 is 0 Å². The van der Waals surface area contributed by atoms with Crippen molar-refractivity contribution < 1.29 is 14.6 Å². The smallest absolute Gasteiger partial charge is 0.273 e. The summed E-state index contributed by atoms with van der Waals surface area (Å²) in [7, 11) is 1.90. The molecule has 0 aliphatic carbocycles. The minimum Gasteiger partial charge on any atom is -0.392 e. The number of nitrogens with one attached hydrogen (secondary N) is 2. The van der Waals surface area contributed by atoms with E-state index in [9.17, 15) is 9.90 Å². The molecule has 1 unspecified atom stereocenters. The standard InChI is InChI=1S/C26H30N8O3/c1-16(35)14-28-26(36)23-25(30-17-6-8-18(9-7-17)34-10-12-37-13-11-34)32-24(27)22(31-23)19-4-3-5-20-21(19)29-15-33(20)2/h3-9,15-16,35H,10-14H2,1-2H3,(H,28,36)(H3,27,30,32). The predicted molar refractivity (Wildman–Crippen MR) is 143 cm³/mol. The number of nitrogens with zero attached hydrogens (tertiary/aromatic N) is 5. The second kappa shape index (κ2) is 10.4.